The van der Waals surface area contributed by atoms with Crippen LogP contribution >= 0.6 is 0 Å². The maximum atomic E-state index is 9.01. The minimum atomic E-state index is 0.604. The van der Waals surface area contributed by atoms with Crippen molar-refractivity contribution in [1.82, 2.24) is 9.97 Å². The first kappa shape index (κ1) is 9.60. The second kappa shape index (κ2) is 3.66. The van der Waals surface area contributed by atoms with Crippen LogP contribution in [0.1, 0.15) is 23.7 Å². The van der Waals surface area contributed by atoms with E-state index in [1.54, 1.807) is 6.20 Å². The Morgan fingerprint density at radius 3 is 2.87 bits per heavy atom. The molecule has 2 rings (SSSR count). The Morgan fingerprint density at radius 2 is 2.20 bits per heavy atom. The highest BCUT2D eigenvalue weighted by Crippen LogP contribution is 2.17. The van der Waals surface area contributed by atoms with Crippen LogP contribution in [0, 0.1) is 18.3 Å². The van der Waals surface area contributed by atoms with E-state index in [1.807, 2.05) is 26.0 Å². The topological polar surface area (TPSA) is 49.6 Å². The fourth-order valence-electron chi connectivity index (χ4n) is 1.55. The molecule has 0 saturated heterocycles. The molecule has 0 amide bonds. The van der Waals surface area contributed by atoms with Gasteiger partial charge in [-0.2, -0.15) is 5.26 Å². The van der Waals surface area contributed by atoms with Crippen molar-refractivity contribution in [3.8, 4) is 6.07 Å². The van der Waals surface area contributed by atoms with Crippen molar-refractivity contribution in [2.45, 2.75) is 20.3 Å². The van der Waals surface area contributed by atoms with E-state index in [0.717, 1.165) is 23.2 Å². The van der Waals surface area contributed by atoms with E-state index < -0.39 is 0 Å². The molecule has 0 N–H and O–H groups in total. The van der Waals surface area contributed by atoms with Crippen LogP contribution in [0.15, 0.2) is 18.3 Å². The molecule has 3 heteroatoms. The normalized spacial score (nSPS) is 10.2. The molecule has 0 unspecified atom stereocenters. The lowest BCUT2D eigenvalue weighted by Crippen LogP contribution is -1.94. The standard InChI is InChI=1S/C12H11N3/c1-3-10-7-14-11-5-8(2)4-9(6-13)12(11)15-10/h4-5,7H,3H2,1-2H3. The summed E-state index contributed by atoms with van der Waals surface area (Å²) in [5.41, 5.74) is 4.07. The number of hydrogen-bond donors (Lipinski definition) is 0. The lowest BCUT2D eigenvalue weighted by molar-refractivity contribution is 1.03. The number of nitriles is 1. The van der Waals surface area contributed by atoms with Crippen molar-refractivity contribution in [3.05, 3.63) is 35.2 Å². The minimum Gasteiger partial charge on any atom is -0.253 e. The largest absolute Gasteiger partial charge is 0.253 e. The second-order valence-corrected chi connectivity index (χ2v) is 3.51. The monoisotopic (exact) mass is 197 g/mol. The van der Waals surface area contributed by atoms with E-state index in [-0.39, 0.29) is 0 Å². The molecule has 3 nitrogen and oxygen atoms in total. The van der Waals surface area contributed by atoms with Crippen molar-refractivity contribution < 1.29 is 0 Å². The first-order valence-corrected chi connectivity index (χ1v) is 4.91. The maximum absolute atomic E-state index is 9.01. The van der Waals surface area contributed by atoms with Gasteiger partial charge in [0.05, 0.1) is 16.8 Å². The number of aryl methyl sites for hydroxylation is 2. The Bertz CT molecular complexity index is 553. The SMILES string of the molecule is CCc1cnc2cc(C)cc(C#N)c2n1. The van der Waals surface area contributed by atoms with Crippen LogP contribution in [-0.4, -0.2) is 9.97 Å². The second-order valence-electron chi connectivity index (χ2n) is 3.51. The van der Waals surface area contributed by atoms with Crippen LogP contribution in [0.5, 0.6) is 0 Å². The van der Waals surface area contributed by atoms with Gasteiger partial charge < -0.3 is 0 Å². The zero-order valence-electron chi connectivity index (χ0n) is 8.78. The minimum absolute atomic E-state index is 0.604. The summed E-state index contributed by atoms with van der Waals surface area (Å²) in [6.45, 7) is 3.98. The third-order valence-electron chi connectivity index (χ3n) is 2.32. The lowest BCUT2D eigenvalue weighted by atomic mass is 10.1. The Hall–Kier alpha value is -1.95. The van der Waals surface area contributed by atoms with E-state index >= 15 is 0 Å². The molecule has 2 aromatic rings. The lowest BCUT2D eigenvalue weighted by Gasteiger charge is -2.02. The summed E-state index contributed by atoms with van der Waals surface area (Å²) in [6.07, 6.45) is 2.60. The molecule has 0 bridgehead atoms. The van der Waals surface area contributed by atoms with Gasteiger partial charge in [-0.05, 0) is 31.0 Å². The predicted molar refractivity (Wildman–Crippen MR) is 58.4 cm³/mol. The molecule has 0 radical (unpaired) electrons. The van der Waals surface area contributed by atoms with Gasteiger partial charge in [-0.25, -0.2) is 4.98 Å². The van der Waals surface area contributed by atoms with Crippen molar-refractivity contribution in [1.29, 1.82) is 5.26 Å². The smallest absolute Gasteiger partial charge is 0.107 e. The summed E-state index contributed by atoms with van der Waals surface area (Å²) in [5.74, 6) is 0. The van der Waals surface area contributed by atoms with Crippen LogP contribution in [-0.2, 0) is 6.42 Å². The molecule has 74 valence electrons. The average Bonchev–Trinajstić information content (AvgIpc) is 2.27. The maximum Gasteiger partial charge on any atom is 0.107 e. The van der Waals surface area contributed by atoms with Gasteiger partial charge >= 0.3 is 0 Å². The number of aromatic nitrogens is 2. The number of rotatable bonds is 1. The van der Waals surface area contributed by atoms with Crippen LogP contribution < -0.4 is 0 Å². The summed E-state index contributed by atoms with van der Waals surface area (Å²) in [7, 11) is 0. The van der Waals surface area contributed by atoms with E-state index in [0.29, 0.717) is 11.1 Å². The van der Waals surface area contributed by atoms with Gasteiger partial charge in [-0.15, -0.1) is 0 Å². The molecule has 15 heavy (non-hydrogen) atoms. The van der Waals surface area contributed by atoms with Crippen molar-refractivity contribution >= 4 is 11.0 Å². The Morgan fingerprint density at radius 1 is 1.40 bits per heavy atom. The molecule has 1 heterocycles. The first-order valence-electron chi connectivity index (χ1n) is 4.91. The van der Waals surface area contributed by atoms with Gasteiger partial charge in [-0.1, -0.05) is 6.92 Å². The molecule has 0 aliphatic rings. The van der Waals surface area contributed by atoms with Crippen LogP contribution in [0.25, 0.3) is 11.0 Å². The quantitative estimate of drug-likeness (QED) is 0.705. The van der Waals surface area contributed by atoms with E-state index in [2.05, 4.69) is 16.0 Å². The predicted octanol–water partition coefficient (Wildman–Crippen LogP) is 2.37. The van der Waals surface area contributed by atoms with Gasteiger partial charge in [0.1, 0.15) is 11.6 Å². The first-order chi connectivity index (χ1) is 7.24. The molecule has 0 saturated carbocycles. The third-order valence-corrected chi connectivity index (χ3v) is 2.32. The molecule has 0 aliphatic carbocycles. The molecule has 0 atom stereocenters. The molecule has 1 aromatic heterocycles. The van der Waals surface area contributed by atoms with Gasteiger partial charge in [0, 0.05) is 6.20 Å². The summed E-state index contributed by atoms with van der Waals surface area (Å²) >= 11 is 0. The van der Waals surface area contributed by atoms with Gasteiger partial charge in [0.15, 0.2) is 0 Å². The summed E-state index contributed by atoms with van der Waals surface area (Å²) < 4.78 is 0. The summed E-state index contributed by atoms with van der Waals surface area (Å²) in [5, 5.41) is 9.01. The zero-order valence-corrected chi connectivity index (χ0v) is 8.78. The zero-order chi connectivity index (χ0) is 10.8. The molecule has 0 fully saturated rings. The van der Waals surface area contributed by atoms with Crippen LogP contribution in [0.3, 0.4) is 0 Å². The number of hydrogen-bond acceptors (Lipinski definition) is 3. The highest BCUT2D eigenvalue weighted by molar-refractivity contribution is 5.81. The van der Waals surface area contributed by atoms with Gasteiger partial charge in [0.2, 0.25) is 0 Å². The number of fused-ring (bicyclic) bond motifs is 1. The highest BCUT2D eigenvalue weighted by Gasteiger charge is 2.05. The Kier molecular flexibility index (Phi) is 2.34. The van der Waals surface area contributed by atoms with Crippen LogP contribution in [0.2, 0.25) is 0 Å². The molecule has 0 spiro atoms. The van der Waals surface area contributed by atoms with Gasteiger partial charge in [-0.3, -0.25) is 4.98 Å². The average molecular weight is 197 g/mol. The van der Waals surface area contributed by atoms with Gasteiger partial charge in [0.25, 0.3) is 0 Å². The Labute approximate surface area is 88.4 Å². The number of nitrogens with zero attached hydrogens (tertiary/aromatic N) is 3. The van der Waals surface area contributed by atoms with Crippen molar-refractivity contribution in [2.75, 3.05) is 0 Å². The summed E-state index contributed by atoms with van der Waals surface area (Å²) in [4.78, 5) is 8.73. The summed E-state index contributed by atoms with van der Waals surface area (Å²) in [6, 6.07) is 5.95. The fourth-order valence-corrected chi connectivity index (χ4v) is 1.55. The molecule has 1 aromatic carbocycles. The Balaban J connectivity index is 2.81. The molecular formula is C12H11N3. The highest BCUT2D eigenvalue weighted by atomic mass is 14.8. The van der Waals surface area contributed by atoms with Crippen molar-refractivity contribution in [2.24, 2.45) is 0 Å². The molecular weight excluding hydrogens is 186 g/mol. The number of benzene rings is 1. The van der Waals surface area contributed by atoms with E-state index in [9.17, 15) is 0 Å². The van der Waals surface area contributed by atoms with E-state index in [4.69, 9.17) is 5.26 Å². The third kappa shape index (κ3) is 1.66. The van der Waals surface area contributed by atoms with Crippen molar-refractivity contribution in [3.63, 3.8) is 0 Å². The fraction of sp³-hybridized carbons (Fsp3) is 0.250. The molecule has 0 aliphatic heterocycles. The van der Waals surface area contributed by atoms with Crippen LogP contribution in [0.4, 0.5) is 0 Å². The van der Waals surface area contributed by atoms with E-state index in [1.165, 1.54) is 0 Å².